The van der Waals surface area contributed by atoms with Gasteiger partial charge in [-0.25, -0.2) is 0 Å². The van der Waals surface area contributed by atoms with Crippen LogP contribution in [0.2, 0.25) is 0 Å². The Kier molecular flexibility index (Phi) is 6.39. The van der Waals surface area contributed by atoms with Crippen molar-refractivity contribution >= 4 is 5.91 Å². The minimum atomic E-state index is 0.195. The van der Waals surface area contributed by atoms with Crippen LogP contribution in [-0.2, 0) is 16.1 Å². The average molecular weight is 399 g/mol. The second-order valence-electron chi connectivity index (χ2n) is 7.77. The number of carbonyl (C=O) groups is 1. The van der Waals surface area contributed by atoms with Crippen molar-refractivity contribution in [3.63, 3.8) is 0 Å². The summed E-state index contributed by atoms with van der Waals surface area (Å²) in [5, 5.41) is 0. The molecule has 1 saturated carbocycles. The van der Waals surface area contributed by atoms with Gasteiger partial charge in [0.05, 0.1) is 26.4 Å². The van der Waals surface area contributed by atoms with Crippen molar-refractivity contribution in [1.29, 1.82) is 0 Å². The van der Waals surface area contributed by atoms with E-state index in [1.54, 1.807) is 7.11 Å². The number of ether oxygens (including phenoxy) is 3. The van der Waals surface area contributed by atoms with Crippen LogP contribution in [0.25, 0.3) is 11.1 Å². The smallest absolute Gasteiger partial charge is 0.224 e. The number of rotatable bonds is 7. The third kappa shape index (κ3) is 4.93. The van der Waals surface area contributed by atoms with Crippen molar-refractivity contribution in [2.24, 2.45) is 0 Å². The van der Waals surface area contributed by atoms with Gasteiger partial charge < -0.3 is 23.7 Å². The molecular formula is C23H30N2O4. The van der Waals surface area contributed by atoms with Crippen LogP contribution in [0, 0.1) is 0 Å². The van der Waals surface area contributed by atoms with Gasteiger partial charge in [-0.1, -0.05) is 6.07 Å². The second kappa shape index (κ2) is 9.35. The van der Waals surface area contributed by atoms with Crippen LogP contribution < -0.4 is 9.47 Å². The van der Waals surface area contributed by atoms with Crippen molar-refractivity contribution in [2.75, 3.05) is 33.4 Å². The molecule has 6 heteroatoms. The summed E-state index contributed by atoms with van der Waals surface area (Å²) in [6.07, 6.45) is 9.61. The summed E-state index contributed by atoms with van der Waals surface area (Å²) < 4.78 is 19.1. The fourth-order valence-corrected chi connectivity index (χ4v) is 4.08. The summed E-state index contributed by atoms with van der Waals surface area (Å²) in [6.45, 7) is 3.36. The average Bonchev–Trinajstić information content (AvgIpc) is 3.45. The van der Waals surface area contributed by atoms with E-state index in [1.807, 2.05) is 17.2 Å². The molecule has 0 bridgehead atoms. The number of carbonyl (C=O) groups excluding carboxylic acids is 1. The maximum atomic E-state index is 12.4. The third-order valence-electron chi connectivity index (χ3n) is 5.79. The lowest BCUT2D eigenvalue weighted by molar-refractivity contribution is -0.135. The van der Waals surface area contributed by atoms with E-state index in [9.17, 15) is 4.79 Å². The monoisotopic (exact) mass is 398 g/mol. The highest BCUT2D eigenvalue weighted by molar-refractivity contribution is 5.76. The molecule has 0 spiro atoms. The van der Waals surface area contributed by atoms with E-state index in [0.717, 1.165) is 35.5 Å². The standard InChI is InChI=1S/C23H30N2O4/c1-27-21-7-6-18(16-22(21)29-20-4-2-3-5-20)19-8-10-24(17-19)11-9-23(26)25-12-14-28-15-13-25/h6-8,10,16-17,20H,2-5,9,11-15H2,1H3. The zero-order chi connectivity index (χ0) is 20.1. The van der Waals surface area contributed by atoms with Gasteiger partial charge in [0.15, 0.2) is 11.5 Å². The first-order valence-electron chi connectivity index (χ1n) is 10.6. The van der Waals surface area contributed by atoms with Crippen molar-refractivity contribution in [2.45, 2.75) is 44.8 Å². The molecule has 1 aliphatic heterocycles. The van der Waals surface area contributed by atoms with Crippen molar-refractivity contribution < 1.29 is 19.0 Å². The van der Waals surface area contributed by atoms with Gasteiger partial charge in [0.25, 0.3) is 0 Å². The topological polar surface area (TPSA) is 52.9 Å². The molecular weight excluding hydrogens is 368 g/mol. The normalized spacial score (nSPS) is 17.5. The van der Waals surface area contributed by atoms with E-state index >= 15 is 0 Å². The quantitative estimate of drug-likeness (QED) is 0.713. The number of aryl methyl sites for hydroxylation is 1. The Bertz CT molecular complexity index is 820. The molecule has 2 aromatic rings. The first-order chi connectivity index (χ1) is 14.2. The highest BCUT2D eigenvalue weighted by atomic mass is 16.5. The van der Waals surface area contributed by atoms with Gasteiger partial charge in [-0.2, -0.15) is 0 Å². The van der Waals surface area contributed by atoms with Gasteiger partial charge in [0.2, 0.25) is 5.91 Å². The molecule has 29 heavy (non-hydrogen) atoms. The van der Waals surface area contributed by atoms with E-state index < -0.39 is 0 Å². The van der Waals surface area contributed by atoms with Crippen LogP contribution in [0.3, 0.4) is 0 Å². The van der Waals surface area contributed by atoms with E-state index in [2.05, 4.69) is 29.0 Å². The van der Waals surface area contributed by atoms with Gasteiger partial charge in [-0.3, -0.25) is 4.79 Å². The number of methoxy groups -OCH3 is 1. The molecule has 2 heterocycles. The SMILES string of the molecule is COc1ccc(-c2ccn(CCC(=O)N3CCOCC3)c2)cc1OC1CCCC1. The predicted molar refractivity (Wildman–Crippen MR) is 111 cm³/mol. The number of hydrogen-bond acceptors (Lipinski definition) is 4. The number of amides is 1. The maximum absolute atomic E-state index is 12.4. The zero-order valence-corrected chi connectivity index (χ0v) is 17.1. The lowest BCUT2D eigenvalue weighted by Crippen LogP contribution is -2.40. The van der Waals surface area contributed by atoms with Gasteiger partial charge in [-0.15, -0.1) is 0 Å². The minimum absolute atomic E-state index is 0.195. The molecule has 1 saturated heterocycles. The van der Waals surface area contributed by atoms with Crippen LogP contribution >= 0.6 is 0 Å². The number of aromatic nitrogens is 1. The first kappa shape index (κ1) is 19.8. The molecule has 4 rings (SSSR count). The summed E-state index contributed by atoms with van der Waals surface area (Å²) in [7, 11) is 1.68. The minimum Gasteiger partial charge on any atom is -0.493 e. The highest BCUT2D eigenvalue weighted by Crippen LogP contribution is 2.35. The molecule has 0 radical (unpaired) electrons. The van der Waals surface area contributed by atoms with Crippen LogP contribution in [0.4, 0.5) is 0 Å². The number of hydrogen-bond donors (Lipinski definition) is 0. The third-order valence-corrected chi connectivity index (χ3v) is 5.79. The Morgan fingerprint density at radius 2 is 1.90 bits per heavy atom. The van der Waals surface area contributed by atoms with Gasteiger partial charge in [-0.05, 0) is 55.0 Å². The summed E-state index contributed by atoms with van der Waals surface area (Å²) in [6, 6.07) is 8.17. The molecule has 6 nitrogen and oxygen atoms in total. The Morgan fingerprint density at radius 1 is 1.10 bits per heavy atom. The fourth-order valence-electron chi connectivity index (χ4n) is 4.08. The highest BCUT2D eigenvalue weighted by Gasteiger charge is 2.19. The molecule has 1 aliphatic carbocycles. The molecule has 2 aliphatic rings. The van der Waals surface area contributed by atoms with Crippen molar-refractivity contribution in [3.8, 4) is 22.6 Å². The number of nitrogens with zero attached hydrogens (tertiary/aromatic N) is 2. The summed E-state index contributed by atoms with van der Waals surface area (Å²) in [5.41, 5.74) is 2.21. The maximum Gasteiger partial charge on any atom is 0.224 e. The van der Waals surface area contributed by atoms with E-state index in [4.69, 9.17) is 14.2 Å². The molecule has 0 N–H and O–H groups in total. The largest absolute Gasteiger partial charge is 0.493 e. The summed E-state index contributed by atoms with van der Waals surface area (Å²) in [4.78, 5) is 14.2. The fraction of sp³-hybridized carbons (Fsp3) is 0.522. The van der Waals surface area contributed by atoms with Crippen molar-refractivity contribution in [3.05, 3.63) is 36.7 Å². The molecule has 0 unspecified atom stereocenters. The Labute approximate surface area is 172 Å². The second-order valence-corrected chi connectivity index (χ2v) is 7.77. The summed E-state index contributed by atoms with van der Waals surface area (Å²) >= 11 is 0. The lowest BCUT2D eigenvalue weighted by atomic mass is 10.1. The van der Waals surface area contributed by atoms with E-state index in [1.165, 1.54) is 12.8 Å². The van der Waals surface area contributed by atoms with Crippen LogP contribution in [0.15, 0.2) is 36.7 Å². The summed E-state index contributed by atoms with van der Waals surface area (Å²) in [5.74, 6) is 1.78. The Hall–Kier alpha value is -2.47. The van der Waals surface area contributed by atoms with E-state index in [-0.39, 0.29) is 12.0 Å². The van der Waals surface area contributed by atoms with Gasteiger partial charge in [0, 0.05) is 38.4 Å². The van der Waals surface area contributed by atoms with Crippen molar-refractivity contribution in [1.82, 2.24) is 9.47 Å². The Balaban J connectivity index is 1.41. The number of morpholine rings is 1. The lowest BCUT2D eigenvalue weighted by Gasteiger charge is -2.26. The van der Waals surface area contributed by atoms with E-state index in [0.29, 0.717) is 39.3 Å². The molecule has 2 fully saturated rings. The van der Waals surface area contributed by atoms with Gasteiger partial charge >= 0.3 is 0 Å². The van der Waals surface area contributed by atoms with Gasteiger partial charge in [0.1, 0.15) is 0 Å². The Morgan fingerprint density at radius 3 is 2.66 bits per heavy atom. The van der Waals surface area contributed by atoms with Crippen LogP contribution in [-0.4, -0.2) is 54.9 Å². The predicted octanol–water partition coefficient (Wildman–Crippen LogP) is 3.73. The molecule has 156 valence electrons. The van der Waals surface area contributed by atoms with Crippen LogP contribution in [0.5, 0.6) is 11.5 Å². The zero-order valence-electron chi connectivity index (χ0n) is 17.1. The molecule has 1 amide bonds. The molecule has 0 atom stereocenters. The first-order valence-corrected chi connectivity index (χ1v) is 10.6. The number of benzene rings is 1. The molecule has 1 aromatic carbocycles. The molecule has 1 aromatic heterocycles. The van der Waals surface area contributed by atoms with Crippen LogP contribution in [0.1, 0.15) is 32.1 Å².